The van der Waals surface area contributed by atoms with E-state index < -0.39 is 0 Å². The Labute approximate surface area is 253 Å². The highest BCUT2D eigenvalue weighted by molar-refractivity contribution is 7.01. The fraction of sp³-hybridized carbons (Fsp3) is 0.200. The minimum absolute atomic E-state index is 0.0138. The number of rotatable bonds is 1. The molecule has 0 saturated heterocycles. The van der Waals surface area contributed by atoms with Gasteiger partial charge in [-0.1, -0.05) is 132 Å². The molecule has 3 heteroatoms. The van der Waals surface area contributed by atoms with Gasteiger partial charge in [-0.2, -0.15) is 0 Å². The molecule has 4 heterocycles. The number of fused-ring (bicyclic) bond motifs is 10. The first-order valence-corrected chi connectivity index (χ1v) is 15.6. The molecule has 0 fully saturated rings. The van der Waals surface area contributed by atoms with Gasteiger partial charge in [0.05, 0.1) is 16.6 Å². The van der Waals surface area contributed by atoms with Crippen molar-refractivity contribution in [2.24, 2.45) is 0 Å². The van der Waals surface area contributed by atoms with E-state index in [1.54, 1.807) is 0 Å². The molecule has 208 valence electrons. The fourth-order valence-corrected chi connectivity index (χ4v) is 7.89. The van der Waals surface area contributed by atoms with Crippen molar-refractivity contribution >= 4 is 50.7 Å². The SMILES string of the molecule is CC(C)(C)c1ccc2c(c1)-c1cc(C(C)(C)C)cc3c1B2c1cccc2c1n-3c1c(-c3ccccc3)c3ccccc3n21. The van der Waals surface area contributed by atoms with Crippen molar-refractivity contribution in [1.82, 2.24) is 8.97 Å². The molecule has 9 rings (SSSR count). The third kappa shape index (κ3) is 3.20. The average Bonchev–Trinajstić information content (AvgIpc) is 3.62. The topological polar surface area (TPSA) is 9.34 Å². The second-order valence-electron chi connectivity index (χ2n) is 14.7. The summed E-state index contributed by atoms with van der Waals surface area (Å²) in [5.41, 5.74) is 19.0. The second-order valence-corrected chi connectivity index (χ2v) is 14.7. The molecule has 0 radical (unpaired) electrons. The van der Waals surface area contributed by atoms with E-state index in [0.29, 0.717) is 0 Å². The van der Waals surface area contributed by atoms with E-state index in [0.717, 1.165) is 0 Å². The summed E-state index contributed by atoms with van der Waals surface area (Å²) in [6.07, 6.45) is 0. The Morgan fingerprint density at radius 2 is 1.28 bits per heavy atom. The molecule has 2 nitrogen and oxygen atoms in total. The first kappa shape index (κ1) is 25.0. The van der Waals surface area contributed by atoms with E-state index in [9.17, 15) is 0 Å². The highest BCUT2D eigenvalue weighted by Crippen LogP contribution is 2.43. The summed E-state index contributed by atoms with van der Waals surface area (Å²) in [5.74, 6) is 0. The predicted molar refractivity (Wildman–Crippen MR) is 185 cm³/mol. The van der Waals surface area contributed by atoms with Crippen molar-refractivity contribution in [3.05, 3.63) is 114 Å². The predicted octanol–water partition coefficient (Wildman–Crippen LogP) is 8.11. The van der Waals surface area contributed by atoms with Gasteiger partial charge in [-0.3, -0.25) is 8.97 Å². The highest BCUT2D eigenvalue weighted by atomic mass is 15.1. The number of aromatic nitrogens is 2. The number of imidazole rings is 1. The van der Waals surface area contributed by atoms with Crippen molar-refractivity contribution in [2.45, 2.75) is 52.4 Å². The molecule has 0 spiro atoms. The van der Waals surface area contributed by atoms with Crippen LogP contribution in [0.1, 0.15) is 52.7 Å². The summed E-state index contributed by atoms with van der Waals surface area (Å²) in [7, 11) is 0. The first-order valence-electron chi connectivity index (χ1n) is 15.6. The average molecular weight is 555 g/mol. The van der Waals surface area contributed by atoms with E-state index in [1.165, 1.54) is 83.0 Å². The first-order chi connectivity index (χ1) is 20.6. The van der Waals surface area contributed by atoms with Gasteiger partial charge < -0.3 is 0 Å². The largest absolute Gasteiger partial charge is 0.294 e. The van der Waals surface area contributed by atoms with Crippen LogP contribution in [0.5, 0.6) is 0 Å². The Morgan fingerprint density at radius 3 is 2.05 bits per heavy atom. The number of para-hydroxylation sites is 2. The number of benzene rings is 5. The molecule has 2 aliphatic rings. The standard InChI is InChI=1S/C40H35BN2/c1-39(2,3)25-19-20-30-28(21-25)29-22-26(40(4,5)6)23-34-36(29)41(30)31-16-12-18-33-37(31)43(34)38-35(24-13-8-7-9-14-24)27-15-10-11-17-32(27)42(33)38/h7-23H,1-6H3. The lowest BCUT2D eigenvalue weighted by Gasteiger charge is -2.28. The van der Waals surface area contributed by atoms with Crippen LogP contribution in [0.25, 0.3) is 55.5 Å². The van der Waals surface area contributed by atoms with E-state index in [1.807, 2.05) is 0 Å². The van der Waals surface area contributed by atoms with Gasteiger partial charge in [-0.05, 0) is 67.8 Å². The Bertz CT molecular complexity index is 2300. The highest BCUT2D eigenvalue weighted by Gasteiger charge is 2.43. The van der Waals surface area contributed by atoms with Crippen LogP contribution in [0.2, 0.25) is 0 Å². The fourth-order valence-electron chi connectivity index (χ4n) is 7.89. The number of hydrogen-bond donors (Lipinski definition) is 0. The van der Waals surface area contributed by atoms with Crippen molar-refractivity contribution in [1.29, 1.82) is 0 Å². The maximum Gasteiger partial charge on any atom is 0.248 e. The Hall–Kier alpha value is -4.50. The molecule has 0 saturated carbocycles. The summed E-state index contributed by atoms with van der Waals surface area (Å²) in [5, 5.41) is 1.30. The molecular weight excluding hydrogens is 519 g/mol. The van der Waals surface area contributed by atoms with E-state index in [4.69, 9.17) is 0 Å². The van der Waals surface area contributed by atoms with Crippen LogP contribution in [0.3, 0.4) is 0 Å². The molecule has 0 aliphatic carbocycles. The van der Waals surface area contributed by atoms with Crippen LogP contribution in [0.15, 0.2) is 103 Å². The molecule has 43 heavy (non-hydrogen) atoms. The summed E-state index contributed by atoms with van der Waals surface area (Å²) < 4.78 is 5.14. The molecule has 2 aromatic heterocycles. The lowest BCUT2D eigenvalue weighted by Crippen LogP contribution is -2.53. The van der Waals surface area contributed by atoms with Crippen LogP contribution in [0.4, 0.5) is 0 Å². The van der Waals surface area contributed by atoms with E-state index in [-0.39, 0.29) is 17.5 Å². The maximum absolute atomic E-state index is 2.62. The van der Waals surface area contributed by atoms with Crippen molar-refractivity contribution in [3.63, 3.8) is 0 Å². The minimum atomic E-state index is 0.0138. The molecule has 5 aromatic carbocycles. The third-order valence-corrected chi connectivity index (χ3v) is 10.0. The monoisotopic (exact) mass is 554 g/mol. The molecule has 0 unspecified atom stereocenters. The van der Waals surface area contributed by atoms with Gasteiger partial charge in [0, 0.05) is 16.6 Å². The van der Waals surface area contributed by atoms with Crippen LogP contribution in [-0.4, -0.2) is 15.7 Å². The summed E-state index contributed by atoms with van der Waals surface area (Å²) >= 11 is 0. The summed E-state index contributed by atoms with van der Waals surface area (Å²) in [6, 6.07) is 39.2. The van der Waals surface area contributed by atoms with Crippen LogP contribution >= 0.6 is 0 Å². The van der Waals surface area contributed by atoms with Crippen molar-refractivity contribution in [2.75, 3.05) is 0 Å². The molecule has 0 amide bonds. The summed E-state index contributed by atoms with van der Waals surface area (Å²) in [4.78, 5) is 0. The molecule has 0 bridgehead atoms. The zero-order chi connectivity index (χ0) is 29.4. The van der Waals surface area contributed by atoms with Crippen LogP contribution < -0.4 is 16.4 Å². The second kappa shape index (κ2) is 8.11. The van der Waals surface area contributed by atoms with Gasteiger partial charge in [-0.15, -0.1) is 0 Å². The molecular formula is C40H35BN2. The zero-order valence-electron chi connectivity index (χ0n) is 25.8. The maximum atomic E-state index is 2.62. The smallest absolute Gasteiger partial charge is 0.248 e. The third-order valence-electron chi connectivity index (χ3n) is 10.0. The molecule has 2 aliphatic heterocycles. The lowest BCUT2D eigenvalue weighted by atomic mass is 9.37. The van der Waals surface area contributed by atoms with Gasteiger partial charge in [0.2, 0.25) is 6.71 Å². The Morgan fingerprint density at radius 1 is 0.581 bits per heavy atom. The summed E-state index contributed by atoms with van der Waals surface area (Å²) in [6.45, 7) is 14.2. The van der Waals surface area contributed by atoms with Gasteiger partial charge in [-0.25, -0.2) is 0 Å². The Kier molecular flexibility index (Phi) is 4.72. The Balaban J connectivity index is 1.51. The van der Waals surface area contributed by atoms with Crippen LogP contribution in [0, 0.1) is 0 Å². The molecule has 0 atom stereocenters. The zero-order valence-corrected chi connectivity index (χ0v) is 25.8. The quantitative estimate of drug-likeness (QED) is 0.181. The van der Waals surface area contributed by atoms with Crippen LogP contribution in [-0.2, 0) is 10.8 Å². The van der Waals surface area contributed by atoms with Gasteiger partial charge in [0.25, 0.3) is 0 Å². The van der Waals surface area contributed by atoms with Crippen molar-refractivity contribution in [3.8, 4) is 27.9 Å². The minimum Gasteiger partial charge on any atom is -0.294 e. The van der Waals surface area contributed by atoms with E-state index in [2.05, 4.69) is 154 Å². The number of nitrogens with zero attached hydrogens (tertiary/aromatic N) is 2. The van der Waals surface area contributed by atoms with Gasteiger partial charge in [0.1, 0.15) is 5.65 Å². The van der Waals surface area contributed by atoms with Crippen molar-refractivity contribution < 1.29 is 0 Å². The van der Waals surface area contributed by atoms with Gasteiger partial charge in [0.15, 0.2) is 0 Å². The molecule has 0 N–H and O–H groups in total. The number of hydrogen-bond acceptors (Lipinski definition) is 0. The van der Waals surface area contributed by atoms with E-state index >= 15 is 0 Å². The normalized spacial score (nSPS) is 13.8. The molecule has 7 aromatic rings. The lowest BCUT2D eigenvalue weighted by molar-refractivity contribution is 0.589. The van der Waals surface area contributed by atoms with Gasteiger partial charge >= 0.3 is 0 Å².